The van der Waals surface area contributed by atoms with E-state index in [0.717, 1.165) is 0 Å². The zero-order chi connectivity index (χ0) is 10.7. The van der Waals surface area contributed by atoms with Gasteiger partial charge in [0.2, 0.25) is 0 Å². The first-order valence-electron chi connectivity index (χ1n) is 3.90. The monoisotopic (exact) mass is 234 g/mol. The van der Waals surface area contributed by atoms with Gasteiger partial charge in [-0.25, -0.2) is 0 Å². The molecule has 1 aromatic carbocycles. The molecule has 0 amide bonds. The molecule has 0 aliphatic rings. The molecule has 0 bridgehead atoms. The van der Waals surface area contributed by atoms with Gasteiger partial charge in [-0.05, 0) is 6.92 Å². The Balaban J connectivity index is 3.34. The van der Waals surface area contributed by atoms with Crippen LogP contribution in [-0.4, -0.2) is 18.0 Å². The van der Waals surface area contributed by atoms with Crippen LogP contribution in [0.25, 0.3) is 0 Å². The summed E-state index contributed by atoms with van der Waals surface area (Å²) in [5.41, 5.74) is -0.0531. The number of aromatic hydroxyl groups is 1. The van der Waals surface area contributed by atoms with Crippen molar-refractivity contribution in [3.05, 3.63) is 21.7 Å². The van der Waals surface area contributed by atoms with Crippen LogP contribution >= 0.6 is 23.2 Å². The Hall–Kier alpha value is -0.930. The van der Waals surface area contributed by atoms with Crippen LogP contribution in [0.1, 0.15) is 17.3 Å². The van der Waals surface area contributed by atoms with E-state index >= 15 is 0 Å². The quantitative estimate of drug-likeness (QED) is 0.819. The van der Waals surface area contributed by atoms with Crippen LogP contribution < -0.4 is 4.74 Å². The number of phenolic OH excluding ortho intramolecular Hbond substituents is 1. The Morgan fingerprint density at radius 3 is 2.71 bits per heavy atom. The van der Waals surface area contributed by atoms with Crippen molar-refractivity contribution >= 4 is 29.5 Å². The van der Waals surface area contributed by atoms with E-state index in [4.69, 9.17) is 27.9 Å². The molecule has 5 heteroatoms. The zero-order valence-corrected chi connectivity index (χ0v) is 8.89. The van der Waals surface area contributed by atoms with Crippen molar-refractivity contribution in [2.75, 3.05) is 6.61 Å². The first-order chi connectivity index (χ1) is 6.61. The smallest absolute Gasteiger partial charge is 0.170 e. The van der Waals surface area contributed by atoms with Crippen molar-refractivity contribution in [2.24, 2.45) is 0 Å². The first-order valence-corrected chi connectivity index (χ1v) is 4.66. The summed E-state index contributed by atoms with van der Waals surface area (Å²) in [6, 6.07) is 1.37. The highest BCUT2D eigenvalue weighted by atomic mass is 35.5. The summed E-state index contributed by atoms with van der Waals surface area (Å²) in [5, 5.41) is 9.73. The average Bonchev–Trinajstić information content (AvgIpc) is 2.16. The highest BCUT2D eigenvalue weighted by molar-refractivity contribution is 6.43. The number of carbonyl (C=O) groups excluding carboxylic acids is 1. The first kappa shape index (κ1) is 11.1. The summed E-state index contributed by atoms with van der Waals surface area (Å²) in [7, 11) is 0. The topological polar surface area (TPSA) is 46.5 Å². The van der Waals surface area contributed by atoms with Gasteiger partial charge < -0.3 is 9.84 Å². The third kappa shape index (κ3) is 1.94. The Bertz CT molecular complexity index is 364. The minimum absolute atomic E-state index is 0.0302. The van der Waals surface area contributed by atoms with Crippen LogP contribution in [0, 0.1) is 0 Å². The SMILES string of the molecule is CCOc1cc(Cl)c(Cl)c(C=O)c1O. The number of halogens is 2. The lowest BCUT2D eigenvalue weighted by Gasteiger charge is -2.09. The van der Waals surface area contributed by atoms with E-state index in [1.54, 1.807) is 6.92 Å². The predicted octanol–water partition coefficient (Wildman–Crippen LogP) is 2.91. The van der Waals surface area contributed by atoms with Gasteiger partial charge >= 0.3 is 0 Å². The lowest BCUT2D eigenvalue weighted by atomic mass is 10.2. The second kappa shape index (κ2) is 4.53. The van der Waals surface area contributed by atoms with Gasteiger partial charge in [0.15, 0.2) is 17.8 Å². The van der Waals surface area contributed by atoms with Gasteiger partial charge in [0.05, 0.1) is 22.2 Å². The van der Waals surface area contributed by atoms with E-state index < -0.39 is 0 Å². The lowest BCUT2D eigenvalue weighted by molar-refractivity contribution is 0.112. The highest BCUT2D eigenvalue weighted by Gasteiger charge is 2.15. The Morgan fingerprint density at radius 2 is 2.21 bits per heavy atom. The third-order valence-electron chi connectivity index (χ3n) is 1.61. The van der Waals surface area contributed by atoms with Crippen molar-refractivity contribution in [1.29, 1.82) is 0 Å². The van der Waals surface area contributed by atoms with E-state index in [1.807, 2.05) is 0 Å². The molecular formula is C9H8Cl2O3. The van der Waals surface area contributed by atoms with Gasteiger partial charge in [0.1, 0.15) is 0 Å². The van der Waals surface area contributed by atoms with Crippen molar-refractivity contribution < 1.29 is 14.6 Å². The van der Waals surface area contributed by atoms with Crippen LogP contribution in [0.15, 0.2) is 6.07 Å². The maximum atomic E-state index is 10.6. The molecule has 0 heterocycles. The minimum atomic E-state index is -0.281. The number of hydrogen-bond donors (Lipinski definition) is 1. The fourth-order valence-electron chi connectivity index (χ4n) is 0.985. The summed E-state index contributed by atoms with van der Waals surface area (Å²) < 4.78 is 5.06. The normalized spacial score (nSPS) is 9.93. The van der Waals surface area contributed by atoms with E-state index in [9.17, 15) is 9.90 Å². The molecule has 0 aliphatic carbocycles. The van der Waals surface area contributed by atoms with E-state index in [0.29, 0.717) is 12.9 Å². The largest absolute Gasteiger partial charge is 0.504 e. The standard InChI is InChI=1S/C9H8Cl2O3/c1-2-14-7-3-6(10)8(11)5(4-12)9(7)13/h3-4,13H,2H2,1H3. The number of carbonyl (C=O) groups is 1. The molecule has 0 spiro atoms. The molecule has 1 rings (SSSR count). The average molecular weight is 235 g/mol. The summed E-state index contributed by atoms with van der Waals surface area (Å²) in [4.78, 5) is 10.6. The van der Waals surface area contributed by atoms with Crippen LogP contribution in [0.3, 0.4) is 0 Å². The van der Waals surface area contributed by atoms with Crippen molar-refractivity contribution in [2.45, 2.75) is 6.92 Å². The number of phenols is 1. The predicted molar refractivity (Wildman–Crippen MR) is 54.7 cm³/mol. The number of hydrogen-bond acceptors (Lipinski definition) is 3. The molecule has 0 unspecified atom stereocenters. The number of rotatable bonds is 3. The summed E-state index contributed by atoms with van der Waals surface area (Å²) in [5.74, 6) is -0.125. The summed E-state index contributed by atoms with van der Waals surface area (Å²) in [6.07, 6.45) is 0.437. The lowest BCUT2D eigenvalue weighted by Crippen LogP contribution is -1.95. The Labute approximate surface area is 91.2 Å². The van der Waals surface area contributed by atoms with Gasteiger partial charge in [0, 0.05) is 6.07 Å². The van der Waals surface area contributed by atoms with Gasteiger partial charge in [-0.15, -0.1) is 0 Å². The van der Waals surface area contributed by atoms with Crippen LogP contribution in [0.2, 0.25) is 10.0 Å². The molecule has 0 saturated heterocycles. The molecule has 0 saturated carbocycles. The van der Waals surface area contributed by atoms with Gasteiger partial charge in [-0.1, -0.05) is 23.2 Å². The highest BCUT2D eigenvalue weighted by Crippen LogP contribution is 2.39. The number of aldehydes is 1. The summed E-state index contributed by atoms with van der Waals surface area (Å²) >= 11 is 11.4. The molecule has 0 radical (unpaired) electrons. The van der Waals surface area contributed by atoms with E-state index in [1.165, 1.54) is 6.07 Å². The van der Waals surface area contributed by atoms with Crippen LogP contribution in [0.4, 0.5) is 0 Å². The van der Waals surface area contributed by atoms with Crippen LogP contribution in [0.5, 0.6) is 11.5 Å². The fraction of sp³-hybridized carbons (Fsp3) is 0.222. The van der Waals surface area contributed by atoms with Crippen molar-refractivity contribution in [3.8, 4) is 11.5 Å². The Morgan fingerprint density at radius 1 is 1.57 bits per heavy atom. The molecule has 14 heavy (non-hydrogen) atoms. The van der Waals surface area contributed by atoms with Gasteiger partial charge in [-0.2, -0.15) is 0 Å². The molecule has 3 nitrogen and oxygen atoms in total. The number of benzene rings is 1. The van der Waals surface area contributed by atoms with Crippen LogP contribution in [-0.2, 0) is 0 Å². The molecule has 0 aliphatic heterocycles. The molecule has 0 aromatic heterocycles. The van der Waals surface area contributed by atoms with E-state index in [2.05, 4.69) is 0 Å². The second-order valence-electron chi connectivity index (χ2n) is 2.48. The fourth-order valence-corrected chi connectivity index (χ4v) is 1.37. The van der Waals surface area contributed by atoms with E-state index in [-0.39, 0.29) is 27.1 Å². The molecule has 1 aromatic rings. The third-order valence-corrected chi connectivity index (χ3v) is 2.41. The Kier molecular flexibility index (Phi) is 3.61. The molecule has 76 valence electrons. The second-order valence-corrected chi connectivity index (χ2v) is 3.27. The van der Waals surface area contributed by atoms with Gasteiger partial charge in [0.25, 0.3) is 0 Å². The van der Waals surface area contributed by atoms with Crippen molar-refractivity contribution in [1.82, 2.24) is 0 Å². The molecule has 0 atom stereocenters. The molecule has 0 fully saturated rings. The maximum Gasteiger partial charge on any atom is 0.170 e. The molecule has 1 N–H and O–H groups in total. The van der Waals surface area contributed by atoms with Crippen molar-refractivity contribution in [3.63, 3.8) is 0 Å². The summed E-state index contributed by atoms with van der Waals surface area (Å²) in [6.45, 7) is 2.12. The maximum absolute atomic E-state index is 10.6. The number of ether oxygens (including phenoxy) is 1. The molecular weight excluding hydrogens is 227 g/mol. The van der Waals surface area contributed by atoms with Gasteiger partial charge in [-0.3, -0.25) is 4.79 Å². The zero-order valence-electron chi connectivity index (χ0n) is 7.38. The minimum Gasteiger partial charge on any atom is -0.504 e.